The highest BCUT2D eigenvalue weighted by atomic mass is 16.5. The Kier molecular flexibility index (Phi) is 3.33. The number of methoxy groups -OCH3 is 1. The Labute approximate surface area is 117 Å². The van der Waals surface area contributed by atoms with Crippen molar-refractivity contribution in [3.8, 4) is 11.8 Å². The summed E-state index contributed by atoms with van der Waals surface area (Å²) in [4.78, 5) is 14.2. The third-order valence-corrected chi connectivity index (χ3v) is 3.91. The second-order valence-corrected chi connectivity index (χ2v) is 5.05. The topological polar surface area (TPSA) is 62.6 Å². The quantitative estimate of drug-likeness (QED) is 0.843. The molecule has 0 radical (unpaired) electrons. The Morgan fingerprint density at radius 2 is 2.40 bits per heavy atom. The summed E-state index contributed by atoms with van der Waals surface area (Å²) in [5.74, 6) is 0.391. The highest BCUT2D eigenvalue weighted by molar-refractivity contribution is 6.02. The van der Waals surface area contributed by atoms with E-state index in [1.807, 2.05) is 12.1 Å². The van der Waals surface area contributed by atoms with Gasteiger partial charge in [0.25, 0.3) is 5.91 Å². The van der Waals surface area contributed by atoms with E-state index in [-0.39, 0.29) is 12.0 Å². The lowest BCUT2D eigenvalue weighted by Crippen LogP contribution is -2.34. The first-order chi connectivity index (χ1) is 9.76. The molecule has 3 rings (SSSR count). The normalized spacial score (nSPS) is 24.6. The van der Waals surface area contributed by atoms with E-state index >= 15 is 0 Å². The number of nitriles is 1. The van der Waals surface area contributed by atoms with Crippen molar-refractivity contribution in [3.63, 3.8) is 0 Å². The lowest BCUT2D eigenvalue weighted by molar-refractivity contribution is 0.0510. The third kappa shape index (κ3) is 1.93. The Bertz CT molecular complexity index is 573. The van der Waals surface area contributed by atoms with E-state index in [0.29, 0.717) is 17.9 Å². The van der Waals surface area contributed by atoms with Crippen molar-refractivity contribution in [1.82, 2.24) is 4.90 Å². The number of benzene rings is 1. The summed E-state index contributed by atoms with van der Waals surface area (Å²) in [6.45, 7) is 1.20. The summed E-state index contributed by atoms with van der Waals surface area (Å²) in [7, 11) is 1.53. The second-order valence-electron chi connectivity index (χ2n) is 5.05. The van der Waals surface area contributed by atoms with Crippen molar-refractivity contribution in [2.75, 3.05) is 20.3 Å². The van der Waals surface area contributed by atoms with Crippen molar-refractivity contribution in [2.24, 2.45) is 0 Å². The molecule has 2 atom stereocenters. The van der Waals surface area contributed by atoms with Gasteiger partial charge in [0.2, 0.25) is 0 Å². The van der Waals surface area contributed by atoms with Crippen LogP contribution in [0.15, 0.2) is 18.2 Å². The second kappa shape index (κ2) is 5.14. The summed E-state index contributed by atoms with van der Waals surface area (Å²) in [6.07, 6.45) is 1.99. The zero-order valence-corrected chi connectivity index (χ0v) is 11.3. The Balaban J connectivity index is 1.94. The van der Waals surface area contributed by atoms with E-state index in [9.17, 15) is 10.1 Å². The molecule has 1 aromatic carbocycles. The first-order valence-electron chi connectivity index (χ1n) is 6.75. The van der Waals surface area contributed by atoms with E-state index in [2.05, 4.69) is 6.07 Å². The molecule has 1 saturated heterocycles. The minimum atomic E-state index is -0.545. The van der Waals surface area contributed by atoms with Crippen molar-refractivity contribution < 1.29 is 14.3 Å². The summed E-state index contributed by atoms with van der Waals surface area (Å²) in [5, 5.41) is 9.41. The van der Waals surface area contributed by atoms with Gasteiger partial charge in [0, 0.05) is 18.7 Å². The minimum absolute atomic E-state index is 0.0371. The molecule has 0 saturated carbocycles. The van der Waals surface area contributed by atoms with E-state index in [1.165, 1.54) is 7.11 Å². The van der Waals surface area contributed by atoms with Gasteiger partial charge in [-0.2, -0.15) is 5.26 Å². The third-order valence-electron chi connectivity index (χ3n) is 3.91. The van der Waals surface area contributed by atoms with E-state index < -0.39 is 6.04 Å². The maximum absolute atomic E-state index is 12.6. The van der Waals surface area contributed by atoms with Crippen LogP contribution in [0.25, 0.3) is 0 Å². The molecule has 2 aliphatic heterocycles. The Morgan fingerprint density at radius 1 is 1.55 bits per heavy atom. The van der Waals surface area contributed by atoms with E-state index in [1.54, 1.807) is 11.0 Å². The molecule has 1 aromatic rings. The van der Waals surface area contributed by atoms with Crippen LogP contribution >= 0.6 is 0 Å². The van der Waals surface area contributed by atoms with Crippen LogP contribution in [0, 0.1) is 11.3 Å². The number of fused-ring (bicyclic) bond motifs is 1. The highest BCUT2D eigenvalue weighted by Gasteiger charge is 2.40. The van der Waals surface area contributed by atoms with Crippen LogP contribution in [-0.4, -0.2) is 37.2 Å². The number of nitrogens with zero attached hydrogens (tertiary/aromatic N) is 2. The average Bonchev–Trinajstić information content (AvgIpc) is 3.07. The number of ether oxygens (including phenoxy) is 2. The fraction of sp³-hybridized carbons (Fsp3) is 0.467. The Hall–Kier alpha value is -2.06. The zero-order valence-electron chi connectivity index (χ0n) is 11.3. The lowest BCUT2D eigenvalue weighted by Gasteiger charge is -2.23. The molecular formula is C15H16N2O3. The fourth-order valence-corrected chi connectivity index (χ4v) is 2.94. The van der Waals surface area contributed by atoms with Gasteiger partial charge in [0.15, 0.2) is 0 Å². The van der Waals surface area contributed by atoms with Crippen molar-refractivity contribution in [2.45, 2.75) is 25.0 Å². The minimum Gasteiger partial charge on any atom is -0.496 e. The van der Waals surface area contributed by atoms with Crippen LogP contribution in [0.4, 0.5) is 0 Å². The van der Waals surface area contributed by atoms with Crippen molar-refractivity contribution >= 4 is 5.91 Å². The van der Waals surface area contributed by atoms with Gasteiger partial charge in [-0.1, -0.05) is 12.1 Å². The molecule has 2 heterocycles. The van der Waals surface area contributed by atoms with Gasteiger partial charge in [0.05, 0.1) is 24.8 Å². The molecule has 2 aliphatic rings. The number of hydrogen-bond donors (Lipinski definition) is 0. The largest absolute Gasteiger partial charge is 0.496 e. The molecule has 1 amide bonds. The molecular weight excluding hydrogens is 256 g/mol. The summed E-state index contributed by atoms with van der Waals surface area (Å²) >= 11 is 0. The number of hydrogen-bond acceptors (Lipinski definition) is 4. The predicted octanol–water partition coefficient (Wildman–Crippen LogP) is 1.89. The predicted molar refractivity (Wildman–Crippen MR) is 71.4 cm³/mol. The highest BCUT2D eigenvalue weighted by Crippen LogP contribution is 2.38. The monoisotopic (exact) mass is 272 g/mol. The molecule has 104 valence electrons. The summed E-state index contributed by atoms with van der Waals surface area (Å²) in [6, 6.07) is 7.05. The smallest absolute Gasteiger partial charge is 0.259 e. The number of carbonyl (C=O) groups is 1. The molecule has 20 heavy (non-hydrogen) atoms. The maximum Gasteiger partial charge on any atom is 0.259 e. The van der Waals surface area contributed by atoms with Gasteiger partial charge in [0.1, 0.15) is 11.8 Å². The van der Waals surface area contributed by atoms with Crippen LogP contribution in [0.3, 0.4) is 0 Å². The molecule has 0 aromatic heterocycles. The van der Waals surface area contributed by atoms with Gasteiger partial charge in [-0.15, -0.1) is 0 Å². The van der Waals surface area contributed by atoms with Crippen LogP contribution in [0.2, 0.25) is 0 Å². The first-order valence-corrected chi connectivity index (χ1v) is 6.75. The first kappa shape index (κ1) is 12.9. The number of rotatable bonds is 3. The summed E-state index contributed by atoms with van der Waals surface area (Å²) in [5.41, 5.74) is 1.24. The van der Waals surface area contributed by atoms with Crippen molar-refractivity contribution in [3.05, 3.63) is 29.3 Å². The van der Waals surface area contributed by atoms with E-state index in [0.717, 1.165) is 25.0 Å². The zero-order chi connectivity index (χ0) is 14.1. The molecule has 5 nitrogen and oxygen atoms in total. The number of carbonyl (C=O) groups excluding carboxylic acids is 1. The number of amides is 1. The Morgan fingerprint density at radius 3 is 3.05 bits per heavy atom. The SMILES string of the molecule is COc1cccc2c1C(=O)N(CC1CCCO1)C2C#N. The van der Waals surface area contributed by atoms with Crippen LogP contribution in [0.1, 0.15) is 34.8 Å². The van der Waals surface area contributed by atoms with Gasteiger partial charge in [-0.25, -0.2) is 0 Å². The molecule has 1 fully saturated rings. The van der Waals surface area contributed by atoms with Gasteiger partial charge in [-0.3, -0.25) is 4.79 Å². The molecule has 2 unspecified atom stereocenters. The maximum atomic E-state index is 12.6. The van der Waals surface area contributed by atoms with E-state index in [4.69, 9.17) is 9.47 Å². The van der Waals surface area contributed by atoms with Crippen LogP contribution in [0.5, 0.6) is 5.75 Å². The molecule has 5 heteroatoms. The van der Waals surface area contributed by atoms with Gasteiger partial charge in [-0.05, 0) is 18.9 Å². The fourth-order valence-electron chi connectivity index (χ4n) is 2.94. The molecule has 0 aliphatic carbocycles. The van der Waals surface area contributed by atoms with Gasteiger partial charge >= 0.3 is 0 Å². The standard InChI is InChI=1S/C15H16N2O3/c1-19-13-6-2-5-11-12(8-16)17(15(18)14(11)13)9-10-4-3-7-20-10/h2,5-6,10,12H,3-4,7,9H2,1H3. The van der Waals surface area contributed by atoms with Crippen molar-refractivity contribution in [1.29, 1.82) is 5.26 Å². The van der Waals surface area contributed by atoms with Crippen LogP contribution in [-0.2, 0) is 4.74 Å². The van der Waals surface area contributed by atoms with Gasteiger partial charge < -0.3 is 14.4 Å². The van der Waals surface area contributed by atoms with Crippen LogP contribution < -0.4 is 4.74 Å². The molecule has 0 spiro atoms. The lowest BCUT2D eigenvalue weighted by atomic mass is 10.0. The summed E-state index contributed by atoms with van der Waals surface area (Å²) < 4.78 is 10.8. The molecule has 0 bridgehead atoms. The average molecular weight is 272 g/mol. The molecule has 0 N–H and O–H groups in total.